The first-order chi connectivity index (χ1) is 23.8. The molecule has 0 saturated carbocycles. The molecule has 1 spiro atoms. The molecule has 0 aliphatic heterocycles. The van der Waals surface area contributed by atoms with Gasteiger partial charge in [-0.05, 0) is 103 Å². The second-order valence-electron chi connectivity index (χ2n) is 12.8. The third-order valence-corrected chi connectivity index (χ3v) is 10.5. The molecule has 0 N–H and O–H groups in total. The fraction of sp³-hybridized carbons (Fsp3) is 0.0213. The summed E-state index contributed by atoms with van der Waals surface area (Å²) in [6, 6.07) is 69.4. The van der Waals surface area contributed by atoms with E-state index in [2.05, 4.69) is 193 Å². The average Bonchev–Trinajstić information content (AvgIpc) is 3.41. The van der Waals surface area contributed by atoms with E-state index in [1.807, 2.05) is 0 Å². The van der Waals surface area contributed by atoms with Gasteiger partial charge >= 0.3 is 0 Å². The smallest absolute Gasteiger partial charge is 0.0725 e. The Morgan fingerprint density at radius 2 is 0.812 bits per heavy atom. The number of hydrogen-bond donors (Lipinski definition) is 0. The normalized spacial score (nSPS) is 15.2. The maximum absolute atomic E-state index is 2.43. The molecule has 10 rings (SSSR count). The molecule has 1 unspecified atom stereocenters. The van der Waals surface area contributed by atoms with Crippen molar-refractivity contribution in [2.75, 3.05) is 4.90 Å². The highest BCUT2D eigenvalue weighted by molar-refractivity contribution is 6.06. The molecule has 8 aromatic rings. The molecule has 1 nitrogen and oxygen atoms in total. The highest BCUT2D eigenvalue weighted by Gasteiger charge is 2.50. The first-order valence-corrected chi connectivity index (χ1v) is 16.7. The molecule has 224 valence electrons. The van der Waals surface area contributed by atoms with E-state index in [-0.39, 0.29) is 0 Å². The van der Waals surface area contributed by atoms with Gasteiger partial charge in [-0.25, -0.2) is 0 Å². The van der Waals surface area contributed by atoms with Crippen molar-refractivity contribution in [3.63, 3.8) is 0 Å². The van der Waals surface area contributed by atoms with Crippen LogP contribution in [0.2, 0.25) is 0 Å². The number of nitrogens with zero attached hydrogens (tertiary/aromatic N) is 1. The van der Waals surface area contributed by atoms with Gasteiger partial charge in [-0.3, -0.25) is 0 Å². The van der Waals surface area contributed by atoms with Crippen LogP contribution in [0.5, 0.6) is 0 Å². The Morgan fingerprint density at radius 1 is 0.312 bits per heavy atom. The summed E-state index contributed by atoms with van der Waals surface area (Å²) in [5, 5.41) is 2.57. The van der Waals surface area contributed by atoms with Gasteiger partial charge in [-0.1, -0.05) is 152 Å². The van der Waals surface area contributed by atoms with Crippen LogP contribution in [-0.2, 0) is 5.41 Å². The molecule has 8 aromatic carbocycles. The van der Waals surface area contributed by atoms with Gasteiger partial charge in [0, 0.05) is 17.1 Å². The van der Waals surface area contributed by atoms with Crippen molar-refractivity contribution in [1.29, 1.82) is 0 Å². The van der Waals surface area contributed by atoms with Crippen molar-refractivity contribution in [2.45, 2.75) is 5.41 Å². The molecule has 0 radical (unpaired) electrons. The summed E-state index contributed by atoms with van der Waals surface area (Å²) >= 11 is 0. The van der Waals surface area contributed by atoms with Gasteiger partial charge in [0.25, 0.3) is 0 Å². The SMILES string of the molecule is c1ccc(N(c2ccccc2)c2ccc3c(c2)-c2ccccc2-c2ccccc2C32c3ccccc3-c3c2ccc2ccccc32)cc1. The van der Waals surface area contributed by atoms with Crippen molar-refractivity contribution >= 4 is 27.8 Å². The van der Waals surface area contributed by atoms with Crippen molar-refractivity contribution in [1.82, 2.24) is 0 Å². The quantitative estimate of drug-likeness (QED) is 0.193. The lowest BCUT2D eigenvalue weighted by Crippen LogP contribution is -2.29. The van der Waals surface area contributed by atoms with Crippen LogP contribution in [0.4, 0.5) is 17.1 Å². The van der Waals surface area contributed by atoms with E-state index < -0.39 is 5.41 Å². The van der Waals surface area contributed by atoms with Crippen LogP contribution in [0, 0.1) is 0 Å². The molecule has 0 aromatic heterocycles. The predicted molar refractivity (Wildman–Crippen MR) is 200 cm³/mol. The number of fused-ring (bicyclic) bond motifs is 14. The minimum absolute atomic E-state index is 0.510. The van der Waals surface area contributed by atoms with Crippen LogP contribution < -0.4 is 4.90 Å². The Bertz CT molecular complexity index is 2470. The Morgan fingerprint density at radius 3 is 1.52 bits per heavy atom. The van der Waals surface area contributed by atoms with Gasteiger partial charge in [0.05, 0.1) is 5.41 Å². The van der Waals surface area contributed by atoms with E-state index in [0.717, 1.165) is 17.1 Å². The van der Waals surface area contributed by atoms with Gasteiger partial charge in [0.2, 0.25) is 0 Å². The molecule has 0 amide bonds. The minimum Gasteiger partial charge on any atom is -0.310 e. The summed E-state index contributed by atoms with van der Waals surface area (Å²) in [6.07, 6.45) is 0. The summed E-state index contributed by atoms with van der Waals surface area (Å²) in [4.78, 5) is 2.37. The van der Waals surface area contributed by atoms with Gasteiger partial charge in [0.1, 0.15) is 0 Å². The van der Waals surface area contributed by atoms with Crippen molar-refractivity contribution in [2.24, 2.45) is 0 Å². The van der Waals surface area contributed by atoms with E-state index in [9.17, 15) is 0 Å². The number of rotatable bonds is 3. The summed E-state index contributed by atoms with van der Waals surface area (Å²) in [5.41, 5.74) is 15.9. The summed E-state index contributed by atoms with van der Waals surface area (Å²) in [7, 11) is 0. The van der Waals surface area contributed by atoms with Gasteiger partial charge in [-0.2, -0.15) is 0 Å². The van der Waals surface area contributed by atoms with Crippen LogP contribution in [0.15, 0.2) is 188 Å². The maximum atomic E-state index is 2.43. The molecule has 1 atom stereocenters. The fourth-order valence-electron chi connectivity index (χ4n) is 8.59. The van der Waals surface area contributed by atoms with Crippen LogP contribution in [-0.4, -0.2) is 0 Å². The topological polar surface area (TPSA) is 3.24 Å². The molecule has 1 heteroatoms. The number of para-hydroxylation sites is 2. The Hall–Kier alpha value is -6.18. The number of benzene rings is 8. The molecule has 0 saturated heterocycles. The summed E-state index contributed by atoms with van der Waals surface area (Å²) in [6.45, 7) is 0. The zero-order valence-corrected chi connectivity index (χ0v) is 26.3. The first kappa shape index (κ1) is 27.0. The summed E-state index contributed by atoms with van der Waals surface area (Å²) in [5.74, 6) is 0. The monoisotopic (exact) mass is 609 g/mol. The summed E-state index contributed by atoms with van der Waals surface area (Å²) < 4.78 is 0. The molecular formula is C47H31N. The Balaban J connectivity index is 1.36. The second-order valence-corrected chi connectivity index (χ2v) is 12.8. The standard InChI is InChI=1S/C47H31N/c1-3-16-33(17-4-1)48(34-18-5-2-6-19-34)35-28-30-44-41(31-35)38-22-10-9-21-37(38)39-23-11-13-25-42(39)47(44)43-26-14-12-24-40(43)46-36-20-8-7-15-32(36)27-29-45(46)47/h1-31H. The molecular weight excluding hydrogens is 579 g/mol. The average molecular weight is 610 g/mol. The zero-order chi connectivity index (χ0) is 31.7. The lowest BCUT2D eigenvalue weighted by molar-refractivity contribution is 0.776. The predicted octanol–water partition coefficient (Wildman–Crippen LogP) is 12.3. The van der Waals surface area contributed by atoms with Crippen LogP contribution in [0.3, 0.4) is 0 Å². The molecule has 2 aliphatic rings. The minimum atomic E-state index is -0.510. The lowest BCUT2D eigenvalue weighted by Gasteiger charge is -2.36. The van der Waals surface area contributed by atoms with Crippen molar-refractivity contribution in [3.8, 4) is 33.4 Å². The Labute approximate surface area is 281 Å². The third-order valence-electron chi connectivity index (χ3n) is 10.5. The molecule has 0 bridgehead atoms. The van der Waals surface area contributed by atoms with Crippen LogP contribution >= 0.6 is 0 Å². The zero-order valence-electron chi connectivity index (χ0n) is 26.3. The molecule has 0 heterocycles. The third kappa shape index (κ3) is 3.67. The Kier molecular flexibility index (Phi) is 5.86. The lowest BCUT2D eigenvalue weighted by atomic mass is 9.65. The number of hydrogen-bond acceptors (Lipinski definition) is 1. The molecule has 0 fully saturated rings. The van der Waals surface area contributed by atoms with E-state index in [1.165, 1.54) is 66.4 Å². The highest BCUT2D eigenvalue weighted by Crippen LogP contribution is 2.62. The largest absolute Gasteiger partial charge is 0.310 e. The van der Waals surface area contributed by atoms with E-state index in [0.29, 0.717) is 0 Å². The van der Waals surface area contributed by atoms with Crippen molar-refractivity contribution < 1.29 is 0 Å². The number of anilines is 3. The molecule has 48 heavy (non-hydrogen) atoms. The second kappa shape index (κ2) is 10.4. The van der Waals surface area contributed by atoms with Crippen molar-refractivity contribution in [3.05, 3.63) is 210 Å². The van der Waals surface area contributed by atoms with E-state index in [4.69, 9.17) is 0 Å². The first-order valence-electron chi connectivity index (χ1n) is 16.7. The maximum Gasteiger partial charge on any atom is 0.0725 e. The van der Waals surface area contributed by atoms with Gasteiger partial charge in [-0.15, -0.1) is 0 Å². The van der Waals surface area contributed by atoms with Gasteiger partial charge < -0.3 is 4.90 Å². The van der Waals surface area contributed by atoms with E-state index >= 15 is 0 Å². The highest BCUT2D eigenvalue weighted by atomic mass is 15.1. The fourth-order valence-corrected chi connectivity index (χ4v) is 8.59. The van der Waals surface area contributed by atoms with Crippen LogP contribution in [0.1, 0.15) is 22.3 Å². The van der Waals surface area contributed by atoms with E-state index in [1.54, 1.807) is 0 Å². The van der Waals surface area contributed by atoms with Crippen LogP contribution in [0.25, 0.3) is 44.2 Å². The van der Waals surface area contributed by atoms with Gasteiger partial charge in [0.15, 0.2) is 0 Å². The molecule has 2 aliphatic carbocycles.